The first-order valence-electron chi connectivity index (χ1n) is 11.0. The predicted octanol–water partition coefficient (Wildman–Crippen LogP) is 5.01. The second kappa shape index (κ2) is 9.75. The summed E-state index contributed by atoms with van der Waals surface area (Å²) in [6.07, 6.45) is 1.13. The van der Waals surface area contributed by atoms with E-state index in [9.17, 15) is 26.4 Å². The first-order chi connectivity index (χ1) is 15.4. The lowest BCUT2D eigenvalue weighted by molar-refractivity contribution is -0.137. The number of alkyl halides is 3. The van der Waals surface area contributed by atoms with Gasteiger partial charge in [-0.2, -0.15) is 13.2 Å². The van der Waals surface area contributed by atoms with Gasteiger partial charge in [0.25, 0.3) is 0 Å². The van der Waals surface area contributed by atoms with Crippen molar-refractivity contribution in [2.45, 2.75) is 64.2 Å². The number of sulfonamides is 1. The fraction of sp³-hybridized carbons (Fsp3) is 0.458. The number of aryl methyl sites for hydroxylation is 2. The van der Waals surface area contributed by atoms with Crippen LogP contribution in [0.2, 0.25) is 0 Å². The van der Waals surface area contributed by atoms with Crippen LogP contribution in [0.1, 0.15) is 61.4 Å². The lowest BCUT2D eigenvalue weighted by Gasteiger charge is -2.30. The highest BCUT2D eigenvalue weighted by atomic mass is 32.2. The molecule has 9 heteroatoms. The minimum Gasteiger partial charge on any atom is -0.347 e. The minimum absolute atomic E-state index is 0.211. The summed E-state index contributed by atoms with van der Waals surface area (Å²) in [6, 6.07) is 8.55. The largest absolute Gasteiger partial charge is 0.416 e. The molecule has 33 heavy (non-hydrogen) atoms. The number of carbonyl (C=O) groups is 1. The second-order valence-electron chi connectivity index (χ2n) is 8.49. The number of nitrogens with one attached hydrogen (secondary N) is 1. The zero-order valence-electron chi connectivity index (χ0n) is 18.9. The molecule has 1 aliphatic carbocycles. The highest BCUT2D eigenvalue weighted by molar-refractivity contribution is 7.92. The van der Waals surface area contributed by atoms with Crippen molar-refractivity contribution in [1.29, 1.82) is 0 Å². The van der Waals surface area contributed by atoms with Crippen LogP contribution in [0.4, 0.5) is 18.9 Å². The Kier molecular flexibility index (Phi) is 7.41. The summed E-state index contributed by atoms with van der Waals surface area (Å²) in [5, 5.41) is 2.89. The van der Waals surface area contributed by atoms with Gasteiger partial charge in [0.2, 0.25) is 15.9 Å². The molecule has 180 valence electrons. The quantitative estimate of drug-likeness (QED) is 0.604. The van der Waals surface area contributed by atoms with E-state index in [-0.39, 0.29) is 11.7 Å². The normalized spacial score (nSPS) is 15.9. The van der Waals surface area contributed by atoms with E-state index in [1.165, 1.54) is 24.1 Å². The molecule has 0 heterocycles. The van der Waals surface area contributed by atoms with Crippen molar-refractivity contribution in [2.75, 3.05) is 10.6 Å². The van der Waals surface area contributed by atoms with Crippen LogP contribution in [0.3, 0.4) is 0 Å². The van der Waals surface area contributed by atoms with E-state index in [0.29, 0.717) is 6.42 Å². The van der Waals surface area contributed by atoms with Gasteiger partial charge in [-0.3, -0.25) is 9.10 Å². The molecule has 0 saturated heterocycles. The summed E-state index contributed by atoms with van der Waals surface area (Å²) in [5.74, 6) is -0.581. The number of nitrogens with zero attached hydrogens (tertiary/aromatic N) is 1. The fourth-order valence-corrected chi connectivity index (χ4v) is 5.48. The molecule has 3 rings (SSSR count). The van der Waals surface area contributed by atoms with Crippen LogP contribution in [0, 0.1) is 0 Å². The Morgan fingerprint density at radius 1 is 1.09 bits per heavy atom. The Labute approximate surface area is 193 Å². The molecular formula is C24H29F3N2O3S. The van der Waals surface area contributed by atoms with Gasteiger partial charge in [0.05, 0.1) is 23.5 Å². The maximum atomic E-state index is 13.2. The Bertz CT molecular complexity index is 1120. The van der Waals surface area contributed by atoms with Crippen LogP contribution in [-0.2, 0) is 33.8 Å². The van der Waals surface area contributed by atoms with E-state index < -0.39 is 33.7 Å². The van der Waals surface area contributed by atoms with Crippen molar-refractivity contribution >= 4 is 21.6 Å². The van der Waals surface area contributed by atoms with Gasteiger partial charge in [-0.1, -0.05) is 31.2 Å². The monoisotopic (exact) mass is 482 g/mol. The molecule has 0 spiro atoms. The first kappa shape index (κ1) is 25.1. The van der Waals surface area contributed by atoms with Gasteiger partial charge in [0.1, 0.15) is 6.04 Å². The summed E-state index contributed by atoms with van der Waals surface area (Å²) >= 11 is 0. The molecule has 2 aromatic rings. The highest BCUT2D eigenvalue weighted by Gasteiger charge is 2.34. The SMILES string of the molecule is CC[C@@H](NC(=O)[C@H](C)N(c1cccc(C(F)(F)F)c1)S(C)(=O)=O)c1ccc2c(c1)CCCC2. The van der Waals surface area contributed by atoms with Crippen LogP contribution in [0.15, 0.2) is 42.5 Å². The van der Waals surface area contributed by atoms with Gasteiger partial charge in [-0.25, -0.2) is 8.42 Å². The number of hydrogen-bond donors (Lipinski definition) is 1. The Morgan fingerprint density at radius 3 is 2.36 bits per heavy atom. The maximum Gasteiger partial charge on any atom is 0.416 e. The van der Waals surface area contributed by atoms with Crippen molar-refractivity contribution in [3.63, 3.8) is 0 Å². The molecule has 1 aliphatic rings. The van der Waals surface area contributed by atoms with Gasteiger partial charge in [0, 0.05) is 0 Å². The van der Waals surface area contributed by atoms with Gasteiger partial charge < -0.3 is 5.32 Å². The van der Waals surface area contributed by atoms with Crippen molar-refractivity contribution in [1.82, 2.24) is 5.32 Å². The number of amides is 1. The van der Waals surface area contributed by atoms with E-state index in [1.807, 2.05) is 13.0 Å². The average molecular weight is 483 g/mol. The van der Waals surface area contributed by atoms with Gasteiger partial charge in [-0.05, 0) is 73.9 Å². The number of benzene rings is 2. The average Bonchev–Trinajstić information content (AvgIpc) is 2.75. The number of fused-ring (bicyclic) bond motifs is 1. The molecule has 1 amide bonds. The van der Waals surface area contributed by atoms with Crippen molar-refractivity contribution in [3.05, 3.63) is 64.7 Å². The first-order valence-corrected chi connectivity index (χ1v) is 12.9. The molecule has 0 saturated carbocycles. The number of rotatable bonds is 7. The molecular weight excluding hydrogens is 453 g/mol. The third kappa shape index (κ3) is 5.88. The minimum atomic E-state index is -4.63. The second-order valence-corrected chi connectivity index (χ2v) is 10.3. The van der Waals surface area contributed by atoms with E-state index in [2.05, 4.69) is 17.4 Å². The van der Waals surface area contributed by atoms with Crippen molar-refractivity contribution in [2.24, 2.45) is 0 Å². The van der Waals surface area contributed by atoms with Crippen LogP contribution in [-0.4, -0.2) is 26.6 Å². The summed E-state index contributed by atoms with van der Waals surface area (Å²) in [6.45, 7) is 3.28. The topological polar surface area (TPSA) is 66.5 Å². The van der Waals surface area contributed by atoms with Gasteiger partial charge >= 0.3 is 6.18 Å². The van der Waals surface area contributed by atoms with Crippen LogP contribution >= 0.6 is 0 Å². The smallest absolute Gasteiger partial charge is 0.347 e. The Hall–Kier alpha value is -2.55. The number of halogens is 3. The van der Waals surface area contributed by atoms with Gasteiger partial charge in [-0.15, -0.1) is 0 Å². The molecule has 0 radical (unpaired) electrons. The van der Waals surface area contributed by atoms with E-state index in [4.69, 9.17) is 0 Å². The lowest BCUT2D eigenvalue weighted by Crippen LogP contribution is -2.48. The maximum absolute atomic E-state index is 13.2. The zero-order chi connectivity index (χ0) is 24.4. The lowest BCUT2D eigenvalue weighted by atomic mass is 9.88. The number of carbonyl (C=O) groups excluding carboxylic acids is 1. The van der Waals surface area contributed by atoms with E-state index in [0.717, 1.165) is 60.0 Å². The molecule has 5 nitrogen and oxygen atoms in total. The summed E-state index contributed by atoms with van der Waals surface area (Å²) < 4.78 is 65.2. The van der Waals surface area contributed by atoms with E-state index >= 15 is 0 Å². The van der Waals surface area contributed by atoms with E-state index in [1.54, 1.807) is 0 Å². The van der Waals surface area contributed by atoms with Crippen molar-refractivity contribution in [3.8, 4) is 0 Å². The van der Waals surface area contributed by atoms with Crippen molar-refractivity contribution < 1.29 is 26.4 Å². The third-order valence-electron chi connectivity index (χ3n) is 6.02. The Morgan fingerprint density at radius 2 is 1.76 bits per heavy atom. The summed E-state index contributed by atoms with van der Waals surface area (Å²) in [5.41, 5.74) is 2.32. The third-order valence-corrected chi connectivity index (χ3v) is 7.26. The number of anilines is 1. The molecule has 2 atom stereocenters. The summed E-state index contributed by atoms with van der Waals surface area (Å²) in [7, 11) is -4.04. The zero-order valence-corrected chi connectivity index (χ0v) is 19.8. The predicted molar refractivity (Wildman–Crippen MR) is 122 cm³/mol. The summed E-state index contributed by atoms with van der Waals surface area (Å²) in [4.78, 5) is 13.1. The fourth-order valence-electron chi connectivity index (χ4n) is 4.31. The molecule has 0 bridgehead atoms. The van der Waals surface area contributed by atoms with Crippen LogP contribution < -0.4 is 9.62 Å². The molecule has 0 aromatic heterocycles. The molecule has 2 aromatic carbocycles. The molecule has 0 aliphatic heterocycles. The molecule has 1 N–H and O–H groups in total. The molecule has 0 unspecified atom stereocenters. The Balaban J connectivity index is 1.86. The van der Waals surface area contributed by atoms with Crippen LogP contribution in [0.5, 0.6) is 0 Å². The highest BCUT2D eigenvalue weighted by Crippen LogP contribution is 2.33. The standard InChI is InChI=1S/C24H29F3N2O3S/c1-4-22(19-13-12-17-8-5-6-9-18(17)14-19)28-23(30)16(2)29(33(3,31)32)21-11-7-10-20(15-21)24(25,26)27/h7,10-16,22H,4-6,8-9H2,1-3H3,(H,28,30)/t16-,22+/m0/s1. The van der Waals surface area contributed by atoms with Crippen LogP contribution in [0.25, 0.3) is 0 Å². The van der Waals surface area contributed by atoms with Gasteiger partial charge in [0.15, 0.2) is 0 Å². The molecule has 0 fully saturated rings. The number of hydrogen-bond acceptors (Lipinski definition) is 3.